The normalized spacial score (nSPS) is 10.9. The van der Waals surface area contributed by atoms with Crippen molar-refractivity contribution in [1.29, 1.82) is 0 Å². The van der Waals surface area contributed by atoms with Crippen LogP contribution in [0.4, 0.5) is 0 Å². The number of carbonyl (C=O) groups excluding carboxylic acids is 1. The van der Waals surface area contributed by atoms with Gasteiger partial charge in [-0.05, 0) is 18.6 Å². The Morgan fingerprint density at radius 1 is 1.44 bits per heavy atom. The minimum atomic E-state index is 0.531. The first-order valence-electron chi connectivity index (χ1n) is 5.70. The van der Waals surface area contributed by atoms with Crippen LogP contribution in [0.3, 0.4) is 0 Å². The molecule has 0 amide bonds. The van der Waals surface area contributed by atoms with E-state index >= 15 is 0 Å². The molecule has 0 spiro atoms. The van der Waals surface area contributed by atoms with E-state index in [1.807, 2.05) is 13.0 Å². The Hall–Kier alpha value is -2.43. The molecule has 3 heterocycles. The van der Waals surface area contributed by atoms with E-state index < -0.39 is 0 Å². The molecule has 5 nitrogen and oxygen atoms in total. The summed E-state index contributed by atoms with van der Waals surface area (Å²) in [5.41, 5.74) is 2.10. The molecular formula is C13H11N3O2. The Labute approximate surface area is 103 Å². The number of aromatic nitrogens is 3. The van der Waals surface area contributed by atoms with Gasteiger partial charge in [-0.3, -0.25) is 4.79 Å². The van der Waals surface area contributed by atoms with Crippen molar-refractivity contribution in [2.24, 2.45) is 0 Å². The number of aromatic amines is 1. The first kappa shape index (κ1) is 10.7. The zero-order valence-corrected chi connectivity index (χ0v) is 9.80. The number of rotatable bonds is 3. The summed E-state index contributed by atoms with van der Waals surface area (Å²) in [5, 5.41) is 0.794. The van der Waals surface area contributed by atoms with E-state index in [4.69, 9.17) is 4.42 Å². The molecule has 0 bridgehead atoms. The van der Waals surface area contributed by atoms with Crippen molar-refractivity contribution in [2.75, 3.05) is 0 Å². The molecule has 90 valence electrons. The summed E-state index contributed by atoms with van der Waals surface area (Å²) in [4.78, 5) is 22.8. The van der Waals surface area contributed by atoms with Crippen LogP contribution < -0.4 is 0 Å². The summed E-state index contributed by atoms with van der Waals surface area (Å²) in [5.74, 6) is 1.15. The number of H-pyrrole nitrogens is 1. The number of aryl methyl sites for hydroxylation is 1. The molecule has 0 aliphatic rings. The smallest absolute Gasteiger partial charge is 0.197 e. The van der Waals surface area contributed by atoms with Gasteiger partial charge in [0.2, 0.25) is 0 Å². The Morgan fingerprint density at radius 2 is 2.33 bits per heavy atom. The number of nitrogens with one attached hydrogen (secondary N) is 1. The van der Waals surface area contributed by atoms with Gasteiger partial charge in [-0.25, -0.2) is 9.97 Å². The monoisotopic (exact) mass is 241 g/mol. The lowest BCUT2D eigenvalue weighted by molar-refractivity contribution is 0.112. The first-order valence-corrected chi connectivity index (χ1v) is 5.70. The van der Waals surface area contributed by atoms with Crippen LogP contribution in [0.25, 0.3) is 22.6 Å². The quantitative estimate of drug-likeness (QED) is 0.715. The number of hydrogen-bond acceptors (Lipinski definition) is 4. The van der Waals surface area contributed by atoms with Gasteiger partial charge in [0, 0.05) is 11.8 Å². The third-order valence-electron chi connectivity index (χ3n) is 2.84. The van der Waals surface area contributed by atoms with Crippen molar-refractivity contribution in [3.05, 3.63) is 35.9 Å². The molecule has 0 aromatic carbocycles. The fourth-order valence-electron chi connectivity index (χ4n) is 2.00. The van der Waals surface area contributed by atoms with Crippen LogP contribution in [0.15, 0.2) is 29.0 Å². The summed E-state index contributed by atoms with van der Waals surface area (Å²) >= 11 is 0. The van der Waals surface area contributed by atoms with Crippen LogP contribution in [0.5, 0.6) is 0 Å². The van der Waals surface area contributed by atoms with E-state index in [0.717, 1.165) is 23.8 Å². The lowest BCUT2D eigenvalue weighted by atomic mass is 10.1. The van der Waals surface area contributed by atoms with Crippen molar-refractivity contribution in [3.8, 4) is 11.6 Å². The van der Waals surface area contributed by atoms with Crippen LogP contribution in [0.1, 0.15) is 23.0 Å². The summed E-state index contributed by atoms with van der Waals surface area (Å²) < 4.78 is 5.29. The average molecular weight is 241 g/mol. The Balaban J connectivity index is 2.29. The van der Waals surface area contributed by atoms with Gasteiger partial charge < -0.3 is 9.40 Å². The maximum absolute atomic E-state index is 11.0. The van der Waals surface area contributed by atoms with Crippen LogP contribution in [0, 0.1) is 0 Å². The topological polar surface area (TPSA) is 71.8 Å². The van der Waals surface area contributed by atoms with Gasteiger partial charge in [0.05, 0.1) is 17.3 Å². The second-order valence-electron chi connectivity index (χ2n) is 3.91. The molecule has 5 heteroatoms. The fourth-order valence-corrected chi connectivity index (χ4v) is 2.00. The lowest BCUT2D eigenvalue weighted by Gasteiger charge is -2.02. The summed E-state index contributed by atoms with van der Waals surface area (Å²) in [6, 6.07) is 3.60. The van der Waals surface area contributed by atoms with Gasteiger partial charge in [-0.15, -0.1) is 0 Å². The highest BCUT2D eigenvalue weighted by Gasteiger charge is 2.14. The predicted molar refractivity (Wildman–Crippen MR) is 66.4 cm³/mol. The van der Waals surface area contributed by atoms with Crippen molar-refractivity contribution in [3.63, 3.8) is 0 Å². The van der Waals surface area contributed by atoms with Gasteiger partial charge in [0.25, 0.3) is 0 Å². The largest absolute Gasteiger partial charge is 0.461 e. The third kappa shape index (κ3) is 1.52. The fraction of sp³-hybridized carbons (Fsp3) is 0.154. The summed E-state index contributed by atoms with van der Waals surface area (Å²) in [6.45, 7) is 2.00. The maximum atomic E-state index is 11.0. The molecule has 18 heavy (non-hydrogen) atoms. The highest BCUT2D eigenvalue weighted by Crippen LogP contribution is 2.23. The summed E-state index contributed by atoms with van der Waals surface area (Å²) in [6.07, 6.45) is 4.77. The van der Waals surface area contributed by atoms with Gasteiger partial charge in [0.1, 0.15) is 5.65 Å². The van der Waals surface area contributed by atoms with Gasteiger partial charge >= 0.3 is 0 Å². The minimum absolute atomic E-state index is 0.531. The molecule has 0 unspecified atom stereocenters. The van der Waals surface area contributed by atoms with Crippen LogP contribution >= 0.6 is 0 Å². The highest BCUT2D eigenvalue weighted by atomic mass is 16.3. The van der Waals surface area contributed by atoms with E-state index in [1.54, 1.807) is 18.5 Å². The van der Waals surface area contributed by atoms with E-state index in [0.29, 0.717) is 22.8 Å². The number of furan rings is 1. The Kier molecular flexibility index (Phi) is 2.44. The van der Waals surface area contributed by atoms with Crippen LogP contribution in [-0.2, 0) is 6.42 Å². The van der Waals surface area contributed by atoms with E-state index in [-0.39, 0.29) is 0 Å². The second kappa shape index (κ2) is 4.10. The van der Waals surface area contributed by atoms with Gasteiger partial charge in [-0.2, -0.15) is 0 Å². The molecule has 3 aromatic heterocycles. The number of aldehydes is 1. The first-order chi connectivity index (χ1) is 8.83. The van der Waals surface area contributed by atoms with E-state index in [9.17, 15) is 4.79 Å². The second-order valence-corrected chi connectivity index (χ2v) is 3.91. The summed E-state index contributed by atoms with van der Waals surface area (Å²) in [7, 11) is 0. The van der Waals surface area contributed by atoms with Crippen LogP contribution in [0.2, 0.25) is 0 Å². The van der Waals surface area contributed by atoms with E-state index in [2.05, 4.69) is 15.0 Å². The van der Waals surface area contributed by atoms with E-state index in [1.165, 1.54) is 0 Å². The van der Waals surface area contributed by atoms with Crippen molar-refractivity contribution in [2.45, 2.75) is 13.3 Å². The minimum Gasteiger partial charge on any atom is -0.461 e. The predicted octanol–water partition coefficient (Wildman–Crippen LogP) is 2.59. The number of hydrogen-bond donors (Lipinski definition) is 1. The molecular weight excluding hydrogens is 230 g/mol. The van der Waals surface area contributed by atoms with Crippen LogP contribution in [-0.4, -0.2) is 21.2 Å². The zero-order valence-electron chi connectivity index (χ0n) is 9.80. The van der Waals surface area contributed by atoms with Gasteiger partial charge in [0.15, 0.2) is 17.9 Å². The number of fused-ring (bicyclic) bond motifs is 1. The van der Waals surface area contributed by atoms with Crippen molar-refractivity contribution in [1.82, 2.24) is 15.0 Å². The molecule has 0 atom stereocenters. The van der Waals surface area contributed by atoms with Crippen molar-refractivity contribution < 1.29 is 9.21 Å². The molecule has 3 rings (SSSR count). The number of carbonyl (C=O) groups is 1. The average Bonchev–Trinajstić information content (AvgIpc) is 3.06. The maximum Gasteiger partial charge on any atom is 0.197 e. The van der Waals surface area contributed by atoms with Gasteiger partial charge in [-0.1, -0.05) is 6.92 Å². The molecule has 0 aliphatic heterocycles. The SMILES string of the molecule is CCc1nc(-c2ccco2)nc2[nH]cc(C=O)c12. The molecule has 0 saturated carbocycles. The highest BCUT2D eigenvalue weighted by molar-refractivity contribution is 5.97. The molecule has 0 fully saturated rings. The molecule has 0 aliphatic carbocycles. The lowest BCUT2D eigenvalue weighted by Crippen LogP contribution is -1.96. The Morgan fingerprint density at radius 3 is 3.00 bits per heavy atom. The standard InChI is InChI=1S/C13H11N3O2/c1-2-9-11-8(7-17)6-14-13(11)16-12(15-9)10-4-3-5-18-10/h3-7H,2H2,1H3,(H,14,15,16). The molecule has 1 N–H and O–H groups in total. The Bertz CT molecular complexity index is 698. The molecule has 0 saturated heterocycles. The van der Waals surface area contributed by atoms with Crippen molar-refractivity contribution >= 4 is 17.3 Å². The molecule has 3 aromatic rings. The zero-order chi connectivity index (χ0) is 12.5. The number of nitrogens with zero attached hydrogens (tertiary/aromatic N) is 2. The third-order valence-corrected chi connectivity index (χ3v) is 2.84. The molecule has 0 radical (unpaired) electrons.